The lowest BCUT2D eigenvalue weighted by molar-refractivity contribution is -0.131. The van der Waals surface area contributed by atoms with Crippen LogP contribution in [-0.2, 0) is 4.79 Å². The maximum absolute atomic E-state index is 14.1. The summed E-state index contributed by atoms with van der Waals surface area (Å²) in [5.74, 6) is -0.155. The Hall–Kier alpha value is -2.89. The Morgan fingerprint density at radius 1 is 1.18 bits per heavy atom. The molecule has 6 heteroatoms. The van der Waals surface area contributed by atoms with Gasteiger partial charge in [-0.15, -0.1) is 0 Å². The molecule has 3 rings (SSSR count). The second-order valence-electron chi connectivity index (χ2n) is 4.71. The third kappa shape index (κ3) is 2.63. The number of methoxy groups -OCH3 is 1. The second kappa shape index (κ2) is 5.48. The van der Waals surface area contributed by atoms with E-state index in [1.165, 1.54) is 6.92 Å². The van der Waals surface area contributed by atoms with Gasteiger partial charge in [0, 0.05) is 24.6 Å². The molecule has 2 aromatic carbocycles. The second-order valence-corrected chi connectivity index (χ2v) is 4.71. The number of rotatable bonds is 3. The number of fused-ring (bicyclic) bond motifs is 1. The predicted molar refractivity (Wildman–Crippen MR) is 78.9 cm³/mol. The molecule has 5 nitrogen and oxygen atoms in total. The van der Waals surface area contributed by atoms with Gasteiger partial charge < -0.3 is 9.47 Å². The van der Waals surface area contributed by atoms with E-state index in [0.717, 1.165) is 17.5 Å². The summed E-state index contributed by atoms with van der Waals surface area (Å²) < 4.78 is 25.6. The van der Waals surface area contributed by atoms with Crippen LogP contribution in [0.1, 0.15) is 6.92 Å². The molecule has 0 radical (unpaired) electrons. The van der Waals surface area contributed by atoms with Crippen LogP contribution in [0.15, 0.2) is 42.6 Å². The fourth-order valence-electron chi connectivity index (χ4n) is 2.16. The molecule has 0 spiro atoms. The van der Waals surface area contributed by atoms with Gasteiger partial charge in [0.25, 0.3) is 0 Å². The lowest BCUT2D eigenvalue weighted by atomic mass is 10.2. The van der Waals surface area contributed by atoms with E-state index in [1.807, 2.05) is 12.1 Å². The number of carbonyl (C=O) groups is 1. The van der Waals surface area contributed by atoms with E-state index < -0.39 is 11.8 Å². The van der Waals surface area contributed by atoms with E-state index in [0.29, 0.717) is 5.39 Å². The fourth-order valence-corrected chi connectivity index (χ4v) is 2.16. The molecular weight excluding hydrogens is 287 g/mol. The maximum atomic E-state index is 14.1. The van der Waals surface area contributed by atoms with Gasteiger partial charge in [0.2, 0.25) is 0 Å². The van der Waals surface area contributed by atoms with E-state index in [2.05, 4.69) is 5.10 Å². The average molecular weight is 300 g/mol. The normalized spacial score (nSPS) is 10.7. The van der Waals surface area contributed by atoms with Crippen molar-refractivity contribution in [3.05, 3.63) is 48.4 Å². The van der Waals surface area contributed by atoms with Crippen molar-refractivity contribution in [3.8, 4) is 17.2 Å². The molecule has 0 saturated carbocycles. The highest BCUT2D eigenvalue weighted by Gasteiger charge is 2.11. The van der Waals surface area contributed by atoms with Crippen LogP contribution < -0.4 is 9.47 Å². The first kappa shape index (κ1) is 14.1. The molecule has 0 atom stereocenters. The summed E-state index contributed by atoms with van der Waals surface area (Å²) in [6.45, 7) is 1.27. The van der Waals surface area contributed by atoms with Gasteiger partial charge in [-0.1, -0.05) is 0 Å². The van der Waals surface area contributed by atoms with Gasteiger partial charge in [-0.2, -0.15) is 5.10 Å². The SMILES string of the molecule is COc1ccc(-n2cc3cc(OC(C)=O)cc(F)c3n2)cc1. The summed E-state index contributed by atoms with van der Waals surface area (Å²) in [7, 11) is 1.59. The molecule has 3 aromatic rings. The lowest BCUT2D eigenvalue weighted by Crippen LogP contribution is -2.01. The van der Waals surface area contributed by atoms with Crippen LogP contribution in [0.25, 0.3) is 16.6 Å². The molecule has 0 N–H and O–H groups in total. The standard InChI is InChI=1S/C16H13FN2O3/c1-10(20)22-14-7-11-9-19(18-16(11)15(17)8-14)12-3-5-13(21-2)6-4-12/h3-9H,1-2H3. The third-order valence-electron chi connectivity index (χ3n) is 3.13. The summed E-state index contributed by atoms with van der Waals surface area (Å²) in [6, 6.07) is 9.94. The summed E-state index contributed by atoms with van der Waals surface area (Å²) in [5.41, 5.74) is 0.983. The zero-order valence-electron chi connectivity index (χ0n) is 12.0. The van der Waals surface area contributed by atoms with E-state index in [-0.39, 0.29) is 11.3 Å². The highest BCUT2D eigenvalue weighted by atomic mass is 19.1. The number of hydrogen-bond acceptors (Lipinski definition) is 4. The van der Waals surface area contributed by atoms with E-state index in [4.69, 9.17) is 9.47 Å². The number of carbonyl (C=O) groups excluding carboxylic acids is 1. The minimum Gasteiger partial charge on any atom is -0.497 e. The first-order chi connectivity index (χ1) is 10.6. The zero-order chi connectivity index (χ0) is 15.7. The first-order valence-electron chi connectivity index (χ1n) is 6.58. The zero-order valence-corrected chi connectivity index (χ0v) is 12.0. The quantitative estimate of drug-likeness (QED) is 0.551. The maximum Gasteiger partial charge on any atom is 0.308 e. The molecule has 0 amide bonds. The van der Waals surface area contributed by atoms with Crippen molar-refractivity contribution in [1.82, 2.24) is 9.78 Å². The fraction of sp³-hybridized carbons (Fsp3) is 0.125. The van der Waals surface area contributed by atoms with Gasteiger partial charge in [0.1, 0.15) is 17.0 Å². The van der Waals surface area contributed by atoms with Crippen molar-refractivity contribution in [2.75, 3.05) is 7.11 Å². The largest absolute Gasteiger partial charge is 0.497 e. The Morgan fingerprint density at radius 3 is 2.55 bits per heavy atom. The van der Waals surface area contributed by atoms with Gasteiger partial charge in [-0.05, 0) is 30.3 Å². The monoisotopic (exact) mass is 300 g/mol. The minimum absolute atomic E-state index is 0.159. The molecule has 0 unspecified atom stereocenters. The van der Waals surface area contributed by atoms with Gasteiger partial charge in [-0.3, -0.25) is 4.79 Å². The molecule has 0 bridgehead atoms. The van der Waals surface area contributed by atoms with Crippen molar-refractivity contribution in [1.29, 1.82) is 0 Å². The highest BCUT2D eigenvalue weighted by molar-refractivity contribution is 5.82. The summed E-state index contributed by atoms with van der Waals surface area (Å²) in [4.78, 5) is 11.0. The summed E-state index contributed by atoms with van der Waals surface area (Å²) in [6.07, 6.45) is 1.67. The molecule has 0 saturated heterocycles. The van der Waals surface area contributed by atoms with Gasteiger partial charge in [-0.25, -0.2) is 9.07 Å². The lowest BCUT2D eigenvalue weighted by Gasteiger charge is -2.02. The van der Waals surface area contributed by atoms with Crippen LogP contribution in [-0.4, -0.2) is 22.9 Å². The summed E-state index contributed by atoms with van der Waals surface area (Å²) in [5, 5.41) is 4.77. The van der Waals surface area contributed by atoms with Crippen LogP contribution in [0, 0.1) is 5.82 Å². The van der Waals surface area contributed by atoms with Gasteiger partial charge in [0.05, 0.1) is 12.8 Å². The Morgan fingerprint density at radius 2 is 1.91 bits per heavy atom. The number of aromatic nitrogens is 2. The molecule has 112 valence electrons. The van der Waals surface area contributed by atoms with Gasteiger partial charge >= 0.3 is 5.97 Å². The third-order valence-corrected chi connectivity index (χ3v) is 3.13. The van der Waals surface area contributed by atoms with Crippen LogP contribution in [0.2, 0.25) is 0 Å². The van der Waals surface area contributed by atoms with Crippen LogP contribution in [0.3, 0.4) is 0 Å². The van der Waals surface area contributed by atoms with Crippen molar-refractivity contribution in [2.45, 2.75) is 6.92 Å². The topological polar surface area (TPSA) is 53.4 Å². The van der Waals surface area contributed by atoms with Crippen molar-refractivity contribution >= 4 is 16.9 Å². The highest BCUT2D eigenvalue weighted by Crippen LogP contribution is 2.25. The van der Waals surface area contributed by atoms with Gasteiger partial charge in [0.15, 0.2) is 5.82 Å². The van der Waals surface area contributed by atoms with Crippen molar-refractivity contribution in [2.24, 2.45) is 0 Å². The molecule has 0 aliphatic carbocycles. The molecule has 0 fully saturated rings. The Bertz CT molecular complexity index is 840. The number of nitrogens with zero attached hydrogens (tertiary/aromatic N) is 2. The number of hydrogen-bond donors (Lipinski definition) is 0. The number of benzene rings is 2. The smallest absolute Gasteiger partial charge is 0.308 e. The molecule has 0 aliphatic rings. The number of ether oxygens (including phenoxy) is 2. The molecule has 0 aliphatic heterocycles. The predicted octanol–water partition coefficient (Wildman–Crippen LogP) is 3.10. The minimum atomic E-state index is -0.541. The van der Waals surface area contributed by atoms with Crippen LogP contribution in [0.4, 0.5) is 4.39 Å². The molecule has 1 heterocycles. The first-order valence-corrected chi connectivity index (χ1v) is 6.58. The molecular formula is C16H13FN2O3. The Kier molecular flexibility index (Phi) is 3.50. The molecule has 1 aromatic heterocycles. The molecule has 22 heavy (non-hydrogen) atoms. The number of halogens is 1. The van der Waals surface area contributed by atoms with Crippen LogP contribution in [0.5, 0.6) is 11.5 Å². The van der Waals surface area contributed by atoms with Crippen molar-refractivity contribution < 1.29 is 18.7 Å². The van der Waals surface area contributed by atoms with E-state index in [1.54, 1.807) is 36.2 Å². The van der Waals surface area contributed by atoms with E-state index in [9.17, 15) is 9.18 Å². The Balaban J connectivity index is 2.04. The number of esters is 1. The van der Waals surface area contributed by atoms with Crippen molar-refractivity contribution in [3.63, 3.8) is 0 Å². The summed E-state index contributed by atoms with van der Waals surface area (Å²) >= 11 is 0. The Labute approximate surface area is 125 Å². The van der Waals surface area contributed by atoms with E-state index >= 15 is 0 Å². The van der Waals surface area contributed by atoms with Crippen LogP contribution >= 0.6 is 0 Å². The average Bonchev–Trinajstić information content (AvgIpc) is 2.91.